The summed E-state index contributed by atoms with van der Waals surface area (Å²) in [5.41, 5.74) is 12.9. The van der Waals surface area contributed by atoms with E-state index >= 15 is 4.39 Å². The maximum atomic E-state index is 16.7. The van der Waals surface area contributed by atoms with Gasteiger partial charge in [0, 0.05) is 35.3 Å². The summed E-state index contributed by atoms with van der Waals surface area (Å²) < 4.78 is 56.0. The molecule has 0 spiro atoms. The van der Waals surface area contributed by atoms with Crippen LogP contribution in [0.5, 0.6) is 11.9 Å². The molecule has 0 bridgehead atoms. The number of halogens is 3. The molecular weight excluding hydrogens is 706 g/mol. The molecule has 1 saturated carbocycles. The average Bonchev–Trinajstić information content (AvgIpc) is 3.55. The van der Waals surface area contributed by atoms with Crippen molar-refractivity contribution in [3.8, 4) is 35.3 Å². The molecule has 3 aliphatic heterocycles. The van der Waals surface area contributed by atoms with Crippen LogP contribution in [0.25, 0.3) is 32.2 Å². The third-order valence-corrected chi connectivity index (χ3v) is 11.8. The fraction of sp³-hybridized carbons (Fsp3) is 0.405. The summed E-state index contributed by atoms with van der Waals surface area (Å²) in [4.78, 5) is 22.1. The van der Waals surface area contributed by atoms with Crippen molar-refractivity contribution in [2.24, 2.45) is 11.8 Å². The number of thiophene rings is 1. The van der Waals surface area contributed by atoms with E-state index in [1.165, 1.54) is 32.1 Å². The van der Waals surface area contributed by atoms with Gasteiger partial charge in [-0.3, -0.25) is 4.90 Å². The smallest absolute Gasteiger partial charge is 0.318 e. The number of ether oxygens (including phenoxy) is 2. The minimum Gasteiger partial charge on any atom is -0.475 e. The van der Waals surface area contributed by atoms with E-state index < -0.39 is 23.8 Å². The van der Waals surface area contributed by atoms with Crippen molar-refractivity contribution in [2.75, 3.05) is 43.2 Å². The molecule has 4 aromatic heterocycles. The van der Waals surface area contributed by atoms with Crippen LogP contribution in [0.3, 0.4) is 0 Å². The number of aromatic nitrogens is 4. The van der Waals surface area contributed by atoms with Crippen LogP contribution >= 0.6 is 11.3 Å². The van der Waals surface area contributed by atoms with Gasteiger partial charge in [-0.25, -0.2) is 23.1 Å². The molecule has 9 rings (SSSR count). The number of hydrogen-bond donors (Lipinski definition) is 2. The Bertz CT molecular complexity index is 2330. The molecule has 4 aliphatic rings. The molecule has 0 amide bonds. The maximum absolute atomic E-state index is 16.7. The average molecular weight is 741 g/mol. The fourth-order valence-electron chi connectivity index (χ4n) is 8.11. The summed E-state index contributed by atoms with van der Waals surface area (Å²) in [5.74, 6) is -1.06. The van der Waals surface area contributed by atoms with Gasteiger partial charge in [0.05, 0.1) is 41.4 Å². The molecule has 6 unspecified atom stereocenters. The number of rotatable bonds is 5. The first-order valence-electron chi connectivity index (χ1n) is 17.4. The monoisotopic (exact) mass is 740 g/mol. The quantitative estimate of drug-likeness (QED) is 0.206. The van der Waals surface area contributed by atoms with Gasteiger partial charge in [0.2, 0.25) is 5.88 Å². The molecule has 12 nitrogen and oxygen atoms in total. The second-order valence-electron chi connectivity index (χ2n) is 13.8. The lowest BCUT2D eigenvalue weighted by Gasteiger charge is -2.37. The highest BCUT2D eigenvalue weighted by Gasteiger charge is 2.49. The van der Waals surface area contributed by atoms with E-state index in [2.05, 4.69) is 30.9 Å². The van der Waals surface area contributed by atoms with Crippen molar-refractivity contribution in [3.05, 3.63) is 53.2 Å². The Hall–Kier alpha value is -5.45. The molecule has 0 radical (unpaired) electrons. The Labute approximate surface area is 306 Å². The van der Waals surface area contributed by atoms with E-state index in [1.54, 1.807) is 12.3 Å². The van der Waals surface area contributed by atoms with Gasteiger partial charge in [-0.2, -0.15) is 20.5 Å². The summed E-state index contributed by atoms with van der Waals surface area (Å²) >= 11 is 0.901. The summed E-state index contributed by atoms with van der Waals surface area (Å²) in [6, 6.07) is 10.2. The first-order valence-corrected chi connectivity index (χ1v) is 18.2. The Kier molecular flexibility index (Phi) is 8.83. The van der Waals surface area contributed by atoms with Gasteiger partial charge in [-0.15, -0.1) is 11.3 Å². The highest BCUT2D eigenvalue weighted by Crippen LogP contribution is 2.51. The molecule has 6 atom stereocenters. The lowest BCUT2D eigenvalue weighted by molar-refractivity contribution is 0.258. The van der Waals surface area contributed by atoms with Gasteiger partial charge in [0.1, 0.15) is 57.9 Å². The lowest BCUT2D eigenvalue weighted by atomic mass is 10.0. The summed E-state index contributed by atoms with van der Waals surface area (Å²) in [6.45, 7) is 3.87. The van der Waals surface area contributed by atoms with E-state index in [1.807, 2.05) is 24.0 Å². The third-order valence-electron chi connectivity index (χ3n) is 10.8. The molecule has 1 aromatic carbocycles. The zero-order valence-corrected chi connectivity index (χ0v) is 29.7. The van der Waals surface area contributed by atoms with Crippen molar-refractivity contribution in [3.63, 3.8) is 0 Å². The van der Waals surface area contributed by atoms with Crippen LogP contribution in [0.4, 0.5) is 29.8 Å². The van der Waals surface area contributed by atoms with Crippen molar-refractivity contribution in [1.82, 2.24) is 24.8 Å². The van der Waals surface area contributed by atoms with Crippen LogP contribution in [-0.4, -0.2) is 69.9 Å². The van der Waals surface area contributed by atoms with Gasteiger partial charge < -0.3 is 25.8 Å². The lowest BCUT2D eigenvalue weighted by Crippen LogP contribution is -2.43. The van der Waals surface area contributed by atoms with Crippen molar-refractivity contribution >= 4 is 49.0 Å². The number of benzene rings is 1. The maximum Gasteiger partial charge on any atom is 0.318 e. The van der Waals surface area contributed by atoms with E-state index in [9.17, 15) is 19.3 Å². The fourth-order valence-corrected chi connectivity index (χ4v) is 9.06. The summed E-state index contributed by atoms with van der Waals surface area (Å²) in [5, 5.41) is 20.0. The van der Waals surface area contributed by atoms with Crippen LogP contribution in [-0.2, 0) is 0 Å². The number of nitrogens with two attached hydrogens (primary N) is 2. The number of nitrogens with zero attached hydrogens (tertiary/aromatic N) is 8. The standard InChI is InChI=1S/C30H23F2N9O2S.C7H12FN/c1-12(14-4-3-7-37-26(14)35)41-19(16-8-13(16)9-33)11-43-29-21-24(39-30(42-2)40-28(21)41)22(32)23(38-29)15-5-6-18(31)25-20(15)17(10-34)27(36)44-25;8-6-4-7-2-1-3-9(7)5-6/h3-7,12-13,16,19H,8,11,36H2,1-2H3,(H2,35,37);6-7H,1-5H2. The minimum absolute atomic E-state index is 0.0268. The molecule has 2 saturated heterocycles. The zero-order valence-electron chi connectivity index (χ0n) is 28.9. The molecule has 4 N–H and O–H groups in total. The molecule has 272 valence electrons. The first-order chi connectivity index (χ1) is 25.6. The molecule has 5 aromatic rings. The highest BCUT2D eigenvalue weighted by molar-refractivity contribution is 7.23. The van der Waals surface area contributed by atoms with Gasteiger partial charge >= 0.3 is 6.01 Å². The molecular formula is C37H35F3N10O2S. The predicted molar refractivity (Wildman–Crippen MR) is 194 cm³/mol. The Morgan fingerprint density at radius 1 is 1.11 bits per heavy atom. The number of hydrogen-bond acceptors (Lipinski definition) is 13. The number of pyridine rings is 2. The molecule has 53 heavy (non-hydrogen) atoms. The topological polar surface area (TPSA) is 176 Å². The summed E-state index contributed by atoms with van der Waals surface area (Å²) in [6.07, 6.45) is 5.05. The summed E-state index contributed by atoms with van der Waals surface area (Å²) in [7, 11) is 1.37. The molecule has 1 aliphatic carbocycles. The number of nitriles is 2. The van der Waals surface area contributed by atoms with Crippen LogP contribution in [0, 0.1) is 46.1 Å². The van der Waals surface area contributed by atoms with Gasteiger partial charge in [-0.05, 0) is 63.3 Å². The second kappa shape index (κ2) is 13.5. The third kappa shape index (κ3) is 5.86. The van der Waals surface area contributed by atoms with E-state index in [4.69, 9.17) is 20.9 Å². The zero-order chi connectivity index (χ0) is 37.1. The van der Waals surface area contributed by atoms with Crippen LogP contribution < -0.4 is 25.8 Å². The van der Waals surface area contributed by atoms with E-state index in [-0.39, 0.29) is 79.2 Å². The van der Waals surface area contributed by atoms with Crippen molar-refractivity contribution in [1.29, 1.82) is 10.5 Å². The van der Waals surface area contributed by atoms with Gasteiger partial charge in [0.25, 0.3) is 0 Å². The number of fused-ring (bicyclic) bond motifs is 2. The van der Waals surface area contributed by atoms with Crippen LogP contribution in [0.1, 0.15) is 49.8 Å². The second-order valence-corrected chi connectivity index (χ2v) is 14.8. The Balaban J connectivity index is 0.000000386. The number of alkyl halides is 1. The van der Waals surface area contributed by atoms with Crippen molar-refractivity contribution < 1.29 is 22.6 Å². The van der Waals surface area contributed by atoms with Gasteiger partial charge in [0.15, 0.2) is 5.82 Å². The molecule has 16 heteroatoms. The largest absolute Gasteiger partial charge is 0.475 e. The number of anilines is 3. The van der Waals surface area contributed by atoms with E-state index in [0.717, 1.165) is 24.3 Å². The Morgan fingerprint density at radius 2 is 1.94 bits per heavy atom. The molecule has 3 fully saturated rings. The normalized spacial score (nSPS) is 23.7. The Morgan fingerprint density at radius 3 is 2.66 bits per heavy atom. The SMILES string of the molecule is COc1nc2c3c(nc(-c4ccc(F)c5sc(N)c(C#N)c45)c(F)c3n1)OCC(C1CC1C#N)N2C(C)c1cccnc1N.FC1CC2CCCN2C1. The number of nitrogen functional groups attached to an aromatic ring is 2. The van der Waals surface area contributed by atoms with Gasteiger partial charge in [-0.1, -0.05) is 6.07 Å². The van der Waals surface area contributed by atoms with E-state index in [0.29, 0.717) is 36.2 Å². The van der Waals surface area contributed by atoms with Crippen LogP contribution in [0.15, 0.2) is 30.5 Å². The number of methoxy groups -OCH3 is 1. The first kappa shape index (κ1) is 34.6. The predicted octanol–water partition coefficient (Wildman–Crippen LogP) is 6.31. The molecule has 7 heterocycles. The van der Waals surface area contributed by atoms with Crippen LogP contribution in [0.2, 0.25) is 0 Å². The highest BCUT2D eigenvalue weighted by atomic mass is 32.1. The minimum atomic E-state index is -0.843. The van der Waals surface area contributed by atoms with Crippen molar-refractivity contribution in [2.45, 2.75) is 56.9 Å².